The number of fused-ring (bicyclic) bond motifs is 1. The van der Waals surface area contributed by atoms with Crippen molar-refractivity contribution in [2.75, 3.05) is 10.6 Å². The topological polar surface area (TPSA) is 106 Å². The lowest BCUT2D eigenvalue weighted by Gasteiger charge is -2.24. The average Bonchev–Trinajstić information content (AvgIpc) is 2.77. The van der Waals surface area contributed by atoms with Crippen molar-refractivity contribution in [3.63, 3.8) is 0 Å². The van der Waals surface area contributed by atoms with Crippen LogP contribution < -0.4 is 10.6 Å². The van der Waals surface area contributed by atoms with Crippen molar-refractivity contribution in [1.82, 2.24) is 9.97 Å². The van der Waals surface area contributed by atoms with Crippen LogP contribution in [-0.2, 0) is 40.1 Å². The van der Waals surface area contributed by atoms with Gasteiger partial charge in [0.2, 0.25) is 17.8 Å². The van der Waals surface area contributed by atoms with E-state index in [0.717, 1.165) is 12.1 Å². The normalized spacial score (nSPS) is 15.2. The molecule has 2 aromatic rings. The van der Waals surface area contributed by atoms with E-state index in [2.05, 4.69) is 25.8 Å². The molecule has 2 amide bonds. The highest BCUT2D eigenvalue weighted by Gasteiger charge is 2.31. The van der Waals surface area contributed by atoms with Crippen LogP contribution in [0.5, 0.6) is 0 Å². The quantitative estimate of drug-likeness (QED) is 0.506. The first-order chi connectivity index (χ1) is 17.0. The molecule has 0 saturated heterocycles. The Morgan fingerprint density at radius 1 is 0.973 bits per heavy atom. The van der Waals surface area contributed by atoms with Gasteiger partial charge in [0.25, 0.3) is 0 Å². The van der Waals surface area contributed by atoms with Crippen LogP contribution in [0, 0.1) is 10.8 Å². The number of benzene rings is 1. The Morgan fingerprint density at radius 3 is 2.24 bits per heavy atom. The number of carbonyl (C=O) groups excluding carboxylic acids is 2. The predicted octanol–water partition coefficient (Wildman–Crippen LogP) is 5.53. The lowest BCUT2D eigenvalue weighted by Crippen LogP contribution is -2.31. The fourth-order valence-electron chi connectivity index (χ4n) is 3.33. The van der Waals surface area contributed by atoms with Gasteiger partial charge in [-0.15, -0.1) is 0 Å². The maximum Gasteiger partial charge on any atom is 0.416 e. The highest BCUT2D eigenvalue weighted by Crippen LogP contribution is 2.30. The molecule has 2 N–H and O–H groups in total. The van der Waals surface area contributed by atoms with E-state index in [9.17, 15) is 22.8 Å². The van der Waals surface area contributed by atoms with Crippen LogP contribution in [-0.4, -0.2) is 27.5 Å². The lowest BCUT2D eigenvalue weighted by molar-refractivity contribution is -0.137. The largest absolute Gasteiger partial charge is 0.416 e. The molecule has 1 aromatic carbocycles. The molecule has 1 heterocycles. The van der Waals surface area contributed by atoms with E-state index in [4.69, 9.17) is 4.84 Å². The minimum absolute atomic E-state index is 0.101. The van der Waals surface area contributed by atoms with Crippen molar-refractivity contribution in [3.05, 3.63) is 46.6 Å². The molecule has 200 valence electrons. The summed E-state index contributed by atoms with van der Waals surface area (Å²) < 4.78 is 38.8. The van der Waals surface area contributed by atoms with Crippen molar-refractivity contribution >= 4 is 29.3 Å². The van der Waals surface area contributed by atoms with E-state index in [1.807, 2.05) is 0 Å². The Morgan fingerprint density at radius 2 is 1.62 bits per heavy atom. The monoisotopic (exact) mass is 519 g/mol. The molecule has 1 aliphatic carbocycles. The van der Waals surface area contributed by atoms with E-state index in [1.165, 1.54) is 12.1 Å². The van der Waals surface area contributed by atoms with Crippen molar-refractivity contribution < 1.29 is 27.6 Å². The Kier molecular flexibility index (Phi) is 7.94. The molecular formula is C26H32F3N5O3. The molecule has 0 aliphatic heterocycles. The van der Waals surface area contributed by atoms with Crippen LogP contribution >= 0.6 is 0 Å². The van der Waals surface area contributed by atoms with E-state index >= 15 is 0 Å². The molecule has 8 nitrogen and oxygen atoms in total. The molecule has 0 radical (unpaired) electrons. The second-order valence-corrected chi connectivity index (χ2v) is 11.0. The van der Waals surface area contributed by atoms with Gasteiger partial charge < -0.3 is 10.2 Å². The number of hydrogen-bond acceptors (Lipinski definition) is 6. The molecule has 0 fully saturated rings. The molecule has 0 unspecified atom stereocenters. The average molecular weight is 520 g/mol. The third kappa shape index (κ3) is 7.50. The van der Waals surface area contributed by atoms with Crippen LogP contribution in [0.2, 0.25) is 0 Å². The summed E-state index contributed by atoms with van der Waals surface area (Å²) in [5, 5.41) is 9.70. The first-order valence-corrected chi connectivity index (χ1v) is 11.9. The van der Waals surface area contributed by atoms with Crippen LogP contribution in [0.3, 0.4) is 0 Å². The zero-order valence-electron chi connectivity index (χ0n) is 21.8. The number of oxime groups is 1. The van der Waals surface area contributed by atoms with Gasteiger partial charge in [-0.3, -0.25) is 14.9 Å². The van der Waals surface area contributed by atoms with Crippen molar-refractivity contribution in [3.8, 4) is 0 Å². The Bertz CT molecular complexity index is 1210. The summed E-state index contributed by atoms with van der Waals surface area (Å²) in [6.45, 7) is 10.5. The van der Waals surface area contributed by atoms with Crippen LogP contribution in [0.4, 0.5) is 24.9 Å². The zero-order chi connectivity index (χ0) is 27.6. The number of nitrogens with zero attached hydrogens (tertiary/aromatic N) is 3. The summed E-state index contributed by atoms with van der Waals surface area (Å²) in [7, 11) is 0. The maximum absolute atomic E-state index is 12.9. The van der Waals surface area contributed by atoms with Gasteiger partial charge in [0.1, 0.15) is 12.4 Å². The minimum Gasteiger partial charge on any atom is -0.391 e. The molecule has 37 heavy (non-hydrogen) atoms. The van der Waals surface area contributed by atoms with Gasteiger partial charge >= 0.3 is 6.18 Å². The number of aromatic nitrogens is 2. The van der Waals surface area contributed by atoms with Gasteiger partial charge in [-0.05, 0) is 30.5 Å². The molecule has 0 spiro atoms. The molecule has 3 rings (SSSR count). The van der Waals surface area contributed by atoms with Gasteiger partial charge in [-0.25, -0.2) is 4.98 Å². The summed E-state index contributed by atoms with van der Waals surface area (Å²) in [6.07, 6.45) is -3.20. The molecule has 11 heteroatoms. The Balaban J connectivity index is 1.82. The predicted molar refractivity (Wildman–Crippen MR) is 134 cm³/mol. The second-order valence-electron chi connectivity index (χ2n) is 11.0. The first-order valence-electron chi connectivity index (χ1n) is 11.9. The highest BCUT2D eigenvalue weighted by atomic mass is 19.4. The first kappa shape index (κ1) is 28.1. The number of aryl methyl sites for hydroxylation is 1. The van der Waals surface area contributed by atoms with Crippen molar-refractivity contribution in [2.45, 2.75) is 73.6 Å². The number of amides is 2. The minimum atomic E-state index is -4.44. The van der Waals surface area contributed by atoms with Gasteiger partial charge in [0.15, 0.2) is 0 Å². The van der Waals surface area contributed by atoms with Gasteiger partial charge in [0.05, 0.1) is 17.0 Å². The van der Waals surface area contributed by atoms with Gasteiger partial charge in [-0.2, -0.15) is 18.2 Å². The van der Waals surface area contributed by atoms with Crippen LogP contribution in [0.15, 0.2) is 29.4 Å². The number of alkyl halides is 3. The zero-order valence-corrected chi connectivity index (χ0v) is 21.8. The lowest BCUT2D eigenvalue weighted by atomic mass is 9.93. The summed E-state index contributed by atoms with van der Waals surface area (Å²) in [4.78, 5) is 39.5. The standard InChI is InChI=1S/C26H32F3N5O3/c1-24(2,3)21(35)31-20-18-13-17(34-37-14-15-8-7-9-16(12-15)26(27,28)29)10-11-19(18)30-23(32-20)33-22(36)25(4,5)6/h7-9,12H,10-11,13-14H2,1-6H3,(H2,30,31,32,33,35,36)/b34-17-. The molecule has 0 atom stereocenters. The molecule has 0 saturated carbocycles. The third-order valence-electron chi connectivity index (χ3n) is 5.62. The molecule has 1 aliphatic rings. The van der Waals surface area contributed by atoms with E-state index < -0.39 is 22.6 Å². The summed E-state index contributed by atoms with van der Waals surface area (Å²) in [6, 6.07) is 4.88. The molecular weight excluding hydrogens is 487 g/mol. The van der Waals surface area contributed by atoms with Crippen LogP contribution in [0.25, 0.3) is 0 Å². The number of hydrogen-bond donors (Lipinski definition) is 2. The third-order valence-corrected chi connectivity index (χ3v) is 5.62. The van der Waals surface area contributed by atoms with Gasteiger partial charge in [0, 0.05) is 22.8 Å². The second kappa shape index (κ2) is 10.5. The number of halogens is 3. The SMILES string of the molecule is CC(C)(C)C(=O)Nc1nc2c(c(NC(=O)C(C)(C)C)n1)C/C(=N\OCc1cccc(C(F)(F)F)c1)CC2. The van der Waals surface area contributed by atoms with E-state index in [1.54, 1.807) is 41.5 Å². The Hall–Kier alpha value is -3.50. The number of anilines is 2. The highest BCUT2D eigenvalue weighted by molar-refractivity contribution is 5.97. The molecule has 1 aromatic heterocycles. The smallest absolute Gasteiger partial charge is 0.391 e. The maximum atomic E-state index is 12.9. The van der Waals surface area contributed by atoms with Gasteiger partial charge in [-0.1, -0.05) is 58.8 Å². The fraction of sp³-hybridized carbons (Fsp3) is 0.500. The van der Waals surface area contributed by atoms with Crippen molar-refractivity contribution in [2.24, 2.45) is 16.0 Å². The summed E-state index contributed by atoms with van der Waals surface area (Å²) in [5.41, 5.74) is 0.201. The van der Waals surface area contributed by atoms with E-state index in [0.29, 0.717) is 35.4 Å². The molecule has 0 bridgehead atoms. The van der Waals surface area contributed by atoms with Crippen molar-refractivity contribution in [1.29, 1.82) is 0 Å². The number of carbonyl (C=O) groups is 2. The number of rotatable bonds is 5. The Labute approximate surface area is 214 Å². The summed E-state index contributed by atoms with van der Waals surface area (Å²) >= 11 is 0. The summed E-state index contributed by atoms with van der Waals surface area (Å²) in [5.74, 6) is -0.142. The fourth-order valence-corrected chi connectivity index (χ4v) is 3.33. The number of nitrogens with one attached hydrogen (secondary N) is 2. The van der Waals surface area contributed by atoms with Crippen LogP contribution in [0.1, 0.15) is 70.3 Å². The van der Waals surface area contributed by atoms with E-state index in [-0.39, 0.29) is 36.6 Å².